The van der Waals surface area contributed by atoms with Crippen molar-refractivity contribution in [2.24, 2.45) is 34.5 Å². The van der Waals surface area contributed by atoms with Gasteiger partial charge in [0.1, 0.15) is 6.10 Å². The molecule has 30 heavy (non-hydrogen) atoms. The summed E-state index contributed by atoms with van der Waals surface area (Å²) in [6.45, 7) is 6.53. The van der Waals surface area contributed by atoms with Gasteiger partial charge in [0, 0.05) is 18.9 Å². The average Bonchev–Trinajstić information content (AvgIpc) is 2.99. The Morgan fingerprint density at radius 2 is 1.87 bits per heavy atom. The summed E-state index contributed by atoms with van der Waals surface area (Å²) < 4.78 is 11.2. The Morgan fingerprint density at radius 1 is 1.03 bits per heavy atom. The second kappa shape index (κ2) is 7.24. The van der Waals surface area contributed by atoms with E-state index in [1.807, 2.05) is 6.07 Å². The van der Waals surface area contributed by atoms with Crippen molar-refractivity contribution in [2.45, 2.75) is 90.6 Å². The minimum absolute atomic E-state index is 0.0824. The van der Waals surface area contributed by atoms with Crippen LogP contribution in [0.1, 0.15) is 90.0 Å². The van der Waals surface area contributed by atoms with Crippen LogP contribution in [-0.4, -0.2) is 12.1 Å². The third kappa shape index (κ3) is 3.00. The van der Waals surface area contributed by atoms with Crippen molar-refractivity contribution in [3.8, 4) is 0 Å². The molecular formula is C26H36O4. The summed E-state index contributed by atoms with van der Waals surface area (Å²) in [7, 11) is 0. The van der Waals surface area contributed by atoms with E-state index in [2.05, 4.69) is 13.8 Å². The van der Waals surface area contributed by atoms with Crippen molar-refractivity contribution in [1.82, 2.24) is 0 Å². The number of fused-ring (bicyclic) bond motifs is 5. The predicted molar refractivity (Wildman–Crippen MR) is 115 cm³/mol. The lowest BCUT2D eigenvalue weighted by Gasteiger charge is -2.60. The van der Waals surface area contributed by atoms with E-state index < -0.39 is 0 Å². The maximum absolute atomic E-state index is 12.0. The van der Waals surface area contributed by atoms with Gasteiger partial charge in [-0.15, -0.1) is 0 Å². The van der Waals surface area contributed by atoms with Crippen LogP contribution in [-0.2, 0) is 9.53 Å². The molecule has 4 aliphatic carbocycles. The highest BCUT2D eigenvalue weighted by Gasteiger charge is 2.63. The molecule has 8 unspecified atom stereocenters. The van der Waals surface area contributed by atoms with E-state index in [9.17, 15) is 9.59 Å². The van der Waals surface area contributed by atoms with Gasteiger partial charge in [-0.05, 0) is 91.1 Å². The van der Waals surface area contributed by atoms with Crippen LogP contribution in [0, 0.1) is 34.5 Å². The van der Waals surface area contributed by atoms with E-state index in [4.69, 9.17) is 9.15 Å². The molecule has 1 aromatic heterocycles. The molecule has 4 heteroatoms. The molecule has 0 aromatic carbocycles. The first-order chi connectivity index (χ1) is 14.3. The molecule has 0 N–H and O–H groups in total. The molecule has 0 radical (unpaired) electrons. The average molecular weight is 413 g/mol. The molecule has 5 rings (SSSR count). The number of hydrogen-bond donors (Lipinski definition) is 0. The smallest absolute Gasteiger partial charge is 0.335 e. The minimum atomic E-state index is -0.324. The van der Waals surface area contributed by atoms with Gasteiger partial charge in [-0.2, -0.15) is 0 Å². The monoisotopic (exact) mass is 412 g/mol. The number of esters is 1. The molecule has 4 fully saturated rings. The summed E-state index contributed by atoms with van der Waals surface area (Å²) in [6, 6.07) is 3.41. The highest BCUT2D eigenvalue weighted by Crippen LogP contribution is 2.69. The standard InChI is InChI=1S/C26H36O4/c1-16(27)30-22-14-21-19-9-8-18-6-4-5-12-25(18,2)20(19)11-13-26(21,3)24(22)17-7-10-23(28)29-15-17/h7,10,15,18-22,24H,4-6,8-9,11-14H2,1-3H3. The lowest BCUT2D eigenvalue weighted by Crippen LogP contribution is -2.52. The van der Waals surface area contributed by atoms with E-state index in [0.717, 1.165) is 29.7 Å². The first-order valence-electron chi connectivity index (χ1n) is 12.1. The molecule has 164 valence electrons. The van der Waals surface area contributed by atoms with Gasteiger partial charge in [0.15, 0.2) is 0 Å². The lowest BCUT2D eigenvalue weighted by molar-refractivity contribution is -0.147. The fourth-order valence-corrected chi connectivity index (χ4v) is 8.75. The maximum Gasteiger partial charge on any atom is 0.335 e. The molecule has 4 aliphatic rings. The summed E-state index contributed by atoms with van der Waals surface area (Å²) >= 11 is 0. The minimum Gasteiger partial charge on any atom is -0.462 e. The van der Waals surface area contributed by atoms with E-state index in [1.54, 1.807) is 6.26 Å². The Kier molecular flexibility index (Phi) is 4.91. The summed E-state index contributed by atoms with van der Waals surface area (Å²) in [5, 5.41) is 0. The van der Waals surface area contributed by atoms with Crippen molar-refractivity contribution in [2.75, 3.05) is 0 Å². The van der Waals surface area contributed by atoms with Gasteiger partial charge >= 0.3 is 11.6 Å². The van der Waals surface area contributed by atoms with Gasteiger partial charge in [0.2, 0.25) is 0 Å². The van der Waals surface area contributed by atoms with Gasteiger partial charge in [0.25, 0.3) is 0 Å². The number of ether oxygens (including phenoxy) is 1. The van der Waals surface area contributed by atoms with E-state index >= 15 is 0 Å². The number of hydrogen-bond acceptors (Lipinski definition) is 4. The van der Waals surface area contributed by atoms with Crippen LogP contribution >= 0.6 is 0 Å². The normalized spacial score (nSPS) is 45.2. The highest BCUT2D eigenvalue weighted by molar-refractivity contribution is 5.66. The van der Waals surface area contributed by atoms with Gasteiger partial charge in [-0.1, -0.05) is 26.7 Å². The van der Waals surface area contributed by atoms with Crippen LogP contribution in [0.4, 0.5) is 0 Å². The van der Waals surface area contributed by atoms with E-state index in [-0.39, 0.29) is 29.0 Å². The number of carbonyl (C=O) groups is 1. The molecule has 0 amide bonds. The Morgan fingerprint density at radius 3 is 2.60 bits per heavy atom. The van der Waals surface area contributed by atoms with Gasteiger partial charge in [0.05, 0.1) is 6.26 Å². The van der Waals surface area contributed by atoms with Crippen LogP contribution in [0.2, 0.25) is 0 Å². The third-order valence-electron chi connectivity index (χ3n) is 9.99. The van der Waals surface area contributed by atoms with E-state index in [0.29, 0.717) is 11.3 Å². The maximum atomic E-state index is 12.0. The first-order valence-corrected chi connectivity index (χ1v) is 12.1. The summed E-state index contributed by atoms with van der Waals surface area (Å²) in [4.78, 5) is 23.5. The SMILES string of the molecule is CC(=O)OC1CC2C3CCC4CCCCC4(C)C3CCC2(C)C1c1ccc(=O)oc1. The molecule has 1 aromatic rings. The molecule has 0 spiro atoms. The topological polar surface area (TPSA) is 56.5 Å². The van der Waals surface area contributed by atoms with Crippen molar-refractivity contribution in [3.63, 3.8) is 0 Å². The molecule has 0 saturated heterocycles. The lowest BCUT2D eigenvalue weighted by atomic mass is 9.45. The molecule has 1 heterocycles. The first kappa shape index (κ1) is 20.3. The third-order valence-corrected chi connectivity index (χ3v) is 9.99. The largest absolute Gasteiger partial charge is 0.462 e. The zero-order valence-electron chi connectivity index (χ0n) is 18.7. The Hall–Kier alpha value is -1.58. The van der Waals surface area contributed by atoms with Crippen LogP contribution in [0.15, 0.2) is 27.6 Å². The highest BCUT2D eigenvalue weighted by atomic mass is 16.5. The Labute approximate surface area is 179 Å². The fourth-order valence-electron chi connectivity index (χ4n) is 8.75. The Bertz CT molecular complexity index is 854. The molecule has 4 nitrogen and oxygen atoms in total. The zero-order chi connectivity index (χ0) is 21.1. The van der Waals surface area contributed by atoms with Crippen LogP contribution in [0.5, 0.6) is 0 Å². The predicted octanol–water partition coefficient (Wildman–Crippen LogP) is 5.70. The van der Waals surface area contributed by atoms with Gasteiger partial charge < -0.3 is 9.15 Å². The van der Waals surface area contributed by atoms with Crippen LogP contribution in [0.3, 0.4) is 0 Å². The second-order valence-corrected chi connectivity index (χ2v) is 11.2. The Balaban J connectivity index is 1.51. The van der Waals surface area contributed by atoms with Crippen molar-refractivity contribution in [1.29, 1.82) is 0 Å². The molecule has 0 bridgehead atoms. The fraction of sp³-hybridized carbons (Fsp3) is 0.769. The quantitative estimate of drug-likeness (QED) is 0.585. The summed E-state index contributed by atoms with van der Waals surface area (Å²) in [5.74, 6) is 2.90. The number of carbonyl (C=O) groups excluding carboxylic acids is 1. The van der Waals surface area contributed by atoms with Gasteiger partial charge in [-0.3, -0.25) is 4.79 Å². The van der Waals surface area contributed by atoms with Crippen molar-refractivity contribution < 1.29 is 13.9 Å². The zero-order valence-corrected chi connectivity index (χ0v) is 18.7. The summed E-state index contributed by atoms with van der Waals surface area (Å²) in [6.07, 6.45) is 13.2. The van der Waals surface area contributed by atoms with E-state index in [1.165, 1.54) is 64.4 Å². The molecule has 0 aliphatic heterocycles. The van der Waals surface area contributed by atoms with Crippen molar-refractivity contribution >= 4 is 5.97 Å². The van der Waals surface area contributed by atoms with Crippen LogP contribution in [0.25, 0.3) is 0 Å². The number of rotatable bonds is 2. The summed E-state index contributed by atoms with van der Waals surface area (Å²) in [5.41, 5.74) is 1.27. The molecular weight excluding hydrogens is 376 g/mol. The van der Waals surface area contributed by atoms with Gasteiger partial charge in [-0.25, -0.2) is 4.79 Å². The van der Waals surface area contributed by atoms with Crippen LogP contribution < -0.4 is 5.63 Å². The molecule has 8 atom stereocenters. The molecule has 4 saturated carbocycles. The second-order valence-electron chi connectivity index (χ2n) is 11.2. The van der Waals surface area contributed by atoms with Crippen molar-refractivity contribution in [3.05, 3.63) is 34.4 Å².